The molecule has 138 valence electrons. The molecule has 0 aromatic heterocycles. The number of hydrogen-bond donors (Lipinski definition) is 2. The number of alkyl halides is 2. The zero-order valence-corrected chi connectivity index (χ0v) is 14.5. The second kappa shape index (κ2) is 7.83. The Morgan fingerprint density at radius 1 is 1.15 bits per heavy atom. The smallest absolute Gasteiger partial charge is 0.319 e. The molecule has 1 aliphatic heterocycles. The van der Waals surface area contributed by atoms with Gasteiger partial charge in [-0.3, -0.25) is 0 Å². The Morgan fingerprint density at radius 2 is 1.85 bits per heavy atom. The minimum Gasteiger partial charge on any atom is -0.376 e. The lowest BCUT2D eigenvalue weighted by Crippen LogP contribution is -2.35. The van der Waals surface area contributed by atoms with E-state index in [-0.39, 0.29) is 17.4 Å². The Hall–Kier alpha value is -2.47. The predicted molar refractivity (Wildman–Crippen MR) is 96.6 cm³/mol. The molecular formula is C20H22F2N2O2. The number of nitrogens with one attached hydrogen (secondary N) is 2. The molecule has 0 unspecified atom stereocenters. The van der Waals surface area contributed by atoms with E-state index in [1.807, 2.05) is 18.2 Å². The maximum atomic E-state index is 13.6. The molecule has 2 amide bonds. The van der Waals surface area contributed by atoms with Gasteiger partial charge in [0.15, 0.2) is 0 Å². The van der Waals surface area contributed by atoms with Crippen molar-refractivity contribution >= 4 is 11.7 Å². The molecule has 2 aromatic carbocycles. The van der Waals surface area contributed by atoms with Gasteiger partial charge in [-0.25, -0.2) is 13.6 Å². The topological polar surface area (TPSA) is 50.4 Å². The van der Waals surface area contributed by atoms with Crippen LogP contribution in [0.15, 0.2) is 54.6 Å². The first-order valence-electron chi connectivity index (χ1n) is 8.62. The molecule has 3 rings (SSSR count). The summed E-state index contributed by atoms with van der Waals surface area (Å²) >= 11 is 0. The molecule has 2 aromatic rings. The highest BCUT2D eigenvalue weighted by molar-refractivity contribution is 5.90. The Kier molecular flexibility index (Phi) is 5.52. The fraction of sp³-hybridized carbons (Fsp3) is 0.350. The summed E-state index contributed by atoms with van der Waals surface area (Å²) in [5.41, 5.74) is 1.11. The van der Waals surface area contributed by atoms with Crippen LogP contribution >= 0.6 is 0 Å². The molecule has 0 aliphatic carbocycles. The molecular weight excluding hydrogens is 338 g/mol. The quantitative estimate of drug-likeness (QED) is 0.825. The van der Waals surface area contributed by atoms with Crippen molar-refractivity contribution in [3.05, 3.63) is 65.7 Å². The summed E-state index contributed by atoms with van der Waals surface area (Å²) in [6.07, 6.45) is 0.724. The number of benzene rings is 2. The second-order valence-corrected chi connectivity index (χ2v) is 6.57. The van der Waals surface area contributed by atoms with Crippen molar-refractivity contribution in [3.8, 4) is 0 Å². The molecule has 2 N–H and O–H groups in total. The highest BCUT2D eigenvalue weighted by atomic mass is 19.3. The molecule has 1 heterocycles. The van der Waals surface area contributed by atoms with Crippen LogP contribution in [-0.4, -0.2) is 25.3 Å². The van der Waals surface area contributed by atoms with Gasteiger partial charge in [-0.2, -0.15) is 0 Å². The van der Waals surface area contributed by atoms with Crippen LogP contribution in [0.1, 0.15) is 30.4 Å². The molecule has 2 atom stereocenters. The maximum Gasteiger partial charge on any atom is 0.319 e. The number of halogens is 2. The van der Waals surface area contributed by atoms with E-state index >= 15 is 0 Å². The lowest BCUT2D eigenvalue weighted by Gasteiger charge is -2.17. The van der Waals surface area contributed by atoms with E-state index < -0.39 is 12.0 Å². The third kappa shape index (κ3) is 4.58. The number of rotatable bonds is 5. The van der Waals surface area contributed by atoms with Gasteiger partial charge in [0, 0.05) is 24.9 Å². The number of carbonyl (C=O) groups is 1. The summed E-state index contributed by atoms with van der Waals surface area (Å²) in [7, 11) is 0. The molecule has 26 heavy (non-hydrogen) atoms. The standard InChI is InChI=1S/C20H22F2N2O2/c1-20(21,22)17-9-5-6-10-18(17)24-19(25)23-12-16-11-15(13-26-16)14-7-3-2-4-8-14/h2-10,15-16H,11-13H2,1H3,(H2,23,24,25)/t15-,16-/m0/s1. The summed E-state index contributed by atoms with van der Waals surface area (Å²) in [4.78, 5) is 12.1. The van der Waals surface area contributed by atoms with Gasteiger partial charge in [0.25, 0.3) is 5.92 Å². The molecule has 6 heteroatoms. The predicted octanol–water partition coefficient (Wildman–Crippen LogP) is 4.49. The van der Waals surface area contributed by atoms with Gasteiger partial charge < -0.3 is 15.4 Å². The molecule has 1 saturated heterocycles. The summed E-state index contributed by atoms with van der Waals surface area (Å²) < 4.78 is 33.0. The van der Waals surface area contributed by atoms with Crippen LogP contribution in [0.3, 0.4) is 0 Å². The van der Waals surface area contributed by atoms with E-state index in [1.165, 1.54) is 23.8 Å². The minimum absolute atomic E-state index is 0.0891. The lowest BCUT2D eigenvalue weighted by molar-refractivity contribution is 0.0183. The third-order valence-corrected chi connectivity index (χ3v) is 4.49. The van der Waals surface area contributed by atoms with Gasteiger partial charge in [-0.1, -0.05) is 48.5 Å². The van der Waals surface area contributed by atoms with Crippen LogP contribution in [-0.2, 0) is 10.7 Å². The fourth-order valence-corrected chi connectivity index (χ4v) is 3.15. The Labute approximate surface area is 151 Å². The third-order valence-electron chi connectivity index (χ3n) is 4.49. The summed E-state index contributed by atoms with van der Waals surface area (Å²) in [5.74, 6) is -2.72. The number of para-hydroxylation sites is 1. The number of urea groups is 1. The van der Waals surface area contributed by atoms with Crippen LogP contribution in [0, 0.1) is 0 Å². The number of carbonyl (C=O) groups excluding carboxylic acids is 1. The van der Waals surface area contributed by atoms with Gasteiger partial charge in [0.1, 0.15) is 0 Å². The van der Waals surface area contributed by atoms with Gasteiger partial charge in [0.05, 0.1) is 18.4 Å². The minimum atomic E-state index is -3.03. The van der Waals surface area contributed by atoms with Crippen LogP contribution in [0.2, 0.25) is 0 Å². The average molecular weight is 360 g/mol. The lowest BCUT2D eigenvalue weighted by atomic mass is 9.96. The van der Waals surface area contributed by atoms with Gasteiger partial charge in [-0.05, 0) is 18.1 Å². The Bertz CT molecular complexity index is 747. The second-order valence-electron chi connectivity index (χ2n) is 6.57. The van der Waals surface area contributed by atoms with E-state index in [0.29, 0.717) is 19.1 Å². The van der Waals surface area contributed by atoms with E-state index in [9.17, 15) is 13.6 Å². The molecule has 0 saturated carbocycles. The molecule has 0 radical (unpaired) electrons. The number of hydrogen-bond acceptors (Lipinski definition) is 2. The van der Waals surface area contributed by atoms with Gasteiger partial charge in [-0.15, -0.1) is 0 Å². The van der Waals surface area contributed by atoms with Crippen molar-refractivity contribution in [3.63, 3.8) is 0 Å². The zero-order valence-electron chi connectivity index (χ0n) is 14.5. The SMILES string of the molecule is CC(F)(F)c1ccccc1NC(=O)NC[C@@H]1C[C@H](c2ccccc2)CO1. The largest absolute Gasteiger partial charge is 0.376 e. The summed E-state index contributed by atoms with van der Waals surface area (Å²) in [5, 5.41) is 5.20. The van der Waals surface area contributed by atoms with Crippen LogP contribution < -0.4 is 10.6 Å². The first-order chi connectivity index (χ1) is 12.4. The summed E-state index contributed by atoms with van der Waals surface area (Å²) in [6, 6.07) is 15.5. The first kappa shape index (κ1) is 18.3. The zero-order chi connectivity index (χ0) is 18.6. The van der Waals surface area contributed by atoms with E-state index in [0.717, 1.165) is 13.3 Å². The Balaban J connectivity index is 1.51. The van der Waals surface area contributed by atoms with E-state index in [4.69, 9.17) is 4.74 Å². The highest BCUT2D eigenvalue weighted by Gasteiger charge is 2.29. The van der Waals surface area contributed by atoms with Crippen molar-refractivity contribution < 1.29 is 18.3 Å². The highest BCUT2D eigenvalue weighted by Crippen LogP contribution is 2.32. The number of amides is 2. The van der Waals surface area contributed by atoms with Gasteiger partial charge in [0.2, 0.25) is 0 Å². The molecule has 0 bridgehead atoms. The van der Waals surface area contributed by atoms with E-state index in [1.54, 1.807) is 6.07 Å². The average Bonchev–Trinajstić information content (AvgIpc) is 3.09. The molecule has 1 fully saturated rings. The van der Waals surface area contributed by atoms with Crippen LogP contribution in [0.5, 0.6) is 0 Å². The number of anilines is 1. The molecule has 4 nitrogen and oxygen atoms in total. The Morgan fingerprint density at radius 3 is 2.58 bits per heavy atom. The maximum absolute atomic E-state index is 13.6. The molecule has 0 spiro atoms. The van der Waals surface area contributed by atoms with Crippen molar-refractivity contribution in [1.29, 1.82) is 0 Å². The monoisotopic (exact) mass is 360 g/mol. The van der Waals surface area contributed by atoms with E-state index in [2.05, 4.69) is 22.8 Å². The van der Waals surface area contributed by atoms with Gasteiger partial charge >= 0.3 is 6.03 Å². The van der Waals surface area contributed by atoms with Crippen molar-refractivity contribution in [1.82, 2.24) is 5.32 Å². The van der Waals surface area contributed by atoms with Crippen molar-refractivity contribution in [2.24, 2.45) is 0 Å². The van der Waals surface area contributed by atoms with Crippen LogP contribution in [0.4, 0.5) is 19.3 Å². The van der Waals surface area contributed by atoms with Crippen LogP contribution in [0.25, 0.3) is 0 Å². The fourth-order valence-electron chi connectivity index (χ4n) is 3.15. The number of ether oxygens (including phenoxy) is 1. The first-order valence-corrected chi connectivity index (χ1v) is 8.62. The summed E-state index contributed by atoms with van der Waals surface area (Å²) in [6.45, 7) is 1.75. The van der Waals surface area contributed by atoms with Crippen molar-refractivity contribution in [2.45, 2.75) is 31.3 Å². The van der Waals surface area contributed by atoms with Crippen molar-refractivity contribution in [2.75, 3.05) is 18.5 Å². The molecule has 1 aliphatic rings. The normalized spacial score (nSPS) is 20.0.